The van der Waals surface area contributed by atoms with Crippen molar-refractivity contribution in [2.24, 2.45) is 5.92 Å². The molecule has 0 radical (unpaired) electrons. The maximum atomic E-state index is 14.0. The summed E-state index contributed by atoms with van der Waals surface area (Å²) in [6, 6.07) is -0.0679. The third-order valence-electron chi connectivity index (χ3n) is 7.02. The zero-order valence-electron chi connectivity index (χ0n) is 21.5. The van der Waals surface area contributed by atoms with Crippen LogP contribution in [0.2, 0.25) is 0 Å². The second-order valence-corrected chi connectivity index (χ2v) is 10.9. The van der Waals surface area contributed by atoms with Gasteiger partial charge < -0.3 is 34.1 Å². The van der Waals surface area contributed by atoms with Crippen LogP contribution in [0.3, 0.4) is 0 Å². The van der Waals surface area contributed by atoms with Crippen LogP contribution in [0.1, 0.15) is 47.8 Å². The number of nitrogens with one attached hydrogen (secondary N) is 1. The number of amides is 1. The van der Waals surface area contributed by atoms with Crippen molar-refractivity contribution in [1.82, 2.24) is 14.5 Å². The Labute approximate surface area is 211 Å². The SMILES string of the molecule is CC(C)C(NC(=O)OC(C)(C)C)C(=O)OCn1c(=O)ccn([C@@H]2O[C@]3(CF)C(O)[C@@]34OCO[C@@]24C)c1=O. The quantitative estimate of drug-likeness (QED) is 0.467. The van der Waals surface area contributed by atoms with Gasteiger partial charge in [0.2, 0.25) is 0 Å². The molecule has 3 heterocycles. The number of esters is 1. The highest BCUT2D eigenvalue weighted by atomic mass is 19.1. The van der Waals surface area contributed by atoms with Gasteiger partial charge in [-0.05, 0) is 33.6 Å². The van der Waals surface area contributed by atoms with Gasteiger partial charge in [0, 0.05) is 12.3 Å². The lowest BCUT2D eigenvalue weighted by Crippen LogP contribution is -2.51. The highest BCUT2D eigenvalue weighted by molar-refractivity contribution is 5.81. The van der Waals surface area contributed by atoms with Crippen molar-refractivity contribution in [3.63, 3.8) is 0 Å². The molecule has 0 bridgehead atoms. The lowest BCUT2D eigenvalue weighted by Gasteiger charge is -2.32. The first-order valence-electron chi connectivity index (χ1n) is 11.8. The lowest BCUT2D eigenvalue weighted by atomic mass is 9.94. The first kappa shape index (κ1) is 27.2. The summed E-state index contributed by atoms with van der Waals surface area (Å²) in [5.41, 5.74) is -7.16. The average Bonchev–Trinajstić information content (AvgIpc) is 3.01. The van der Waals surface area contributed by atoms with Gasteiger partial charge >= 0.3 is 17.8 Å². The average molecular weight is 530 g/mol. The number of ether oxygens (including phenoxy) is 5. The van der Waals surface area contributed by atoms with Gasteiger partial charge in [0.1, 0.15) is 36.8 Å². The minimum atomic E-state index is -1.71. The van der Waals surface area contributed by atoms with Crippen LogP contribution in [0.5, 0.6) is 0 Å². The van der Waals surface area contributed by atoms with Crippen molar-refractivity contribution in [3.05, 3.63) is 33.1 Å². The molecular weight excluding hydrogens is 497 g/mol. The second-order valence-electron chi connectivity index (χ2n) is 10.9. The Hall–Kier alpha value is -2.81. The summed E-state index contributed by atoms with van der Waals surface area (Å²) in [5.74, 6) is -1.29. The number of aliphatic hydroxyl groups excluding tert-OH is 1. The Morgan fingerprint density at radius 1 is 1.30 bits per heavy atom. The molecule has 1 spiro atoms. The molecule has 2 aliphatic heterocycles. The third kappa shape index (κ3) is 3.97. The molecule has 1 aliphatic carbocycles. The molecule has 13 nitrogen and oxygen atoms in total. The van der Waals surface area contributed by atoms with E-state index in [4.69, 9.17) is 23.7 Å². The van der Waals surface area contributed by atoms with Crippen LogP contribution in [-0.4, -0.2) is 74.3 Å². The molecule has 14 heteroatoms. The number of aromatic nitrogens is 2. The van der Waals surface area contributed by atoms with Crippen LogP contribution >= 0.6 is 0 Å². The first-order chi connectivity index (χ1) is 17.1. The van der Waals surface area contributed by atoms with Gasteiger partial charge in [0.25, 0.3) is 5.56 Å². The van der Waals surface area contributed by atoms with E-state index in [1.807, 2.05) is 0 Å². The maximum Gasteiger partial charge on any atom is 0.408 e. The zero-order valence-corrected chi connectivity index (χ0v) is 21.5. The minimum Gasteiger partial charge on any atom is -0.444 e. The zero-order chi connectivity index (χ0) is 27.6. The summed E-state index contributed by atoms with van der Waals surface area (Å²) in [5, 5.41) is 12.8. The highest BCUT2D eigenvalue weighted by Gasteiger charge is 2.95. The van der Waals surface area contributed by atoms with Crippen LogP contribution in [0.4, 0.5) is 9.18 Å². The maximum absolute atomic E-state index is 14.0. The predicted molar refractivity (Wildman–Crippen MR) is 122 cm³/mol. The predicted octanol–water partition coefficient (Wildman–Crippen LogP) is 0.173. The summed E-state index contributed by atoms with van der Waals surface area (Å²) < 4.78 is 43.0. The summed E-state index contributed by atoms with van der Waals surface area (Å²) in [6.07, 6.45) is -2.23. The minimum absolute atomic E-state index is 0.248. The summed E-state index contributed by atoms with van der Waals surface area (Å²) in [4.78, 5) is 50.6. The van der Waals surface area contributed by atoms with E-state index in [0.717, 1.165) is 16.8 Å². The van der Waals surface area contributed by atoms with Crippen LogP contribution in [-0.2, 0) is 35.2 Å². The van der Waals surface area contributed by atoms with E-state index in [1.165, 1.54) is 6.92 Å². The normalized spacial score (nSPS) is 33.0. The van der Waals surface area contributed by atoms with Gasteiger partial charge in [-0.2, -0.15) is 0 Å². The monoisotopic (exact) mass is 529 g/mol. The largest absolute Gasteiger partial charge is 0.444 e. The fourth-order valence-electron chi connectivity index (χ4n) is 5.07. The summed E-state index contributed by atoms with van der Waals surface area (Å²) in [6.45, 7) is 7.77. The van der Waals surface area contributed by atoms with E-state index in [9.17, 15) is 28.7 Å². The Balaban J connectivity index is 1.54. The Morgan fingerprint density at radius 3 is 2.57 bits per heavy atom. The fraction of sp³-hybridized carbons (Fsp3) is 0.739. The molecule has 0 aromatic carbocycles. The van der Waals surface area contributed by atoms with Crippen molar-refractivity contribution in [1.29, 1.82) is 0 Å². The molecule has 2 unspecified atom stereocenters. The molecule has 3 fully saturated rings. The standard InChI is InChI=1S/C23H32FN3O10/c1-12(2)14(25-18(31)37-20(3,4)5)15(29)33-10-27-13(28)7-8-26(19(27)32)17-21(6)23(35-11-34-21)16(30)22(23,9-24)36-17/h7-8,12,14,16-17,30H,9-11H2,1-6H3,(H,25,31)/t14?,16?,17-,21+,22-,23+/m1/s1. The molecule has 2 saturated heterocycles. The van der Waals surface area contributed by atoms with Crippen molar-refractivity contribution in [2.75, 3.05) is 13.5 Å². The Morgan fingerprint density at radius 2 is 1.97 bits per heavy atom. The summed E-state index contributed by atoms with van der Waals surface area (Å²) in [7, 11) is 0. The number of alkyl halides is 1. The van der Waals surface area contributed by atoms with E-state index in [0.29, 0.717) is 4.57 Å². The Bertz CT molecular complexity index is 1210. The second kappa shape index (κ2) is 8.89. The smallest absolute Gasteiger partial charge is 0.408 e. The van der Waals surface area contributed by atoms with Gasteiger partial charge in [-0.3, -0.25) is 9.36 Å². The molecule has 1 saturated carbocycles. The van der Waals surface area contributed by atoms with E-state index in [2.05, 4.69) is 5.32 Å². The molecule has 1 aromatic heterocycles. The van der Waals surface area contributed by atoms with Crippen LogP contribution in [0.25, 0.3) is 0 Å². The van der Waals surface area contributed by atoms with Gasteiger partial charge in [-0.15, -0.1) is 0 Å². The molecule has 3 aliphatic rings. The number of hydrogen-bond acceptors (Lipinski definition) is 10. The molecular formula is C23H32FN3O10. The highest BCUT2D eigenvalue weighted by Crippen LogP contribution is 2.72. The van der Waals surface area contributed by atoms with Gasteiger partial charge in [-0.25, -0.2) is 23.3 Å². The number of aliphatic hydroxyl groups is 1. The summed E-state index contributed by atoms with van der Waals surface area (Å²) >= 11 is 0. The molecule has 206 valence electrons. The fourth-order valence-corrected chi connectivity index (χ4v) is 5.07. The Kier molecular flexibility index (Phi) is 6.54. The number of alkyl carbamates (subject to hydrolysis) is 1. The van der Waals surface area contributed by atoms with Crippen molar-refractivity contribution < 1.29 is 42.8 Å². The van der Waals surface area contributed by atoms with Gasteiger partial charge in [-0.1, -0.05) is 13.8 Å². The molecule has 4 rings (SSSR count). The van der Waals surface area contributed by atoms with Crippen LogP contribution < -0.4 is 16.6 Å². The molecule has 2 N–H and O–H groups in total. The molecule has 1 aromatic rings. The molecule has 6 atom stereocenters. The third-order valence-corrected chi connectivity index (χ3v) is 7.02. The van der Waals surface area contributed by atoms with Crippen LogP contribution in [0.15, 0.2) is 21.9 Å². The van der Waals surface area contributed by atoms with Crippen LogP contribution in [0, 0.1) is 5.92 Å². The van der Waals surface area contributed by atoms with E-state index in [-0.39, 0.29) is 6.79 Å². The number of halogens is 1. The van der Waals surface area contributed by atoms with Gasteiger partial charge in [0.15, 0.2) is 24.2 Å². The number of carbonyl (C=O) groups excluding carboxylic acids is 2. The van der Waals surface area contributed by atoms with Crippen molar-refractivity contribution in [2.45, 2.75) is 89.1 Å². The van der Waals surface area contributed by atoms with E-state index >= 15 is 0 Å². The lowest BCUT2D eigenvalue weighted by molar-refractivity contribution is -0.161. The number of rotatable bonds is 7. The number of hydrogen-bond donors (Lipinski definition) is 2. The topological polar surface area (TPSA) is 157 Å². The number of carbonyl (C=O) groups is 2. The molecule has 1 amide bonds. The van der Waals surface area contributed by atoms with E-state index in [1.54, 1.807) is 34.6 Å². The first-order valence-corrected chi connectivity index (χ1v) is 11.8. The van der Waals surface area contributed by atoms with Gasteiger partial charge in [0.05, 0.1) is 0 Å². The number of nitrogens with zero attached hydrogens (tertiary/aromatic N) is 2. The van der Waals surface area contributed by atoms with E-state index < -0.39 is 83.4 Å². The van der Waals surface area contributed by atoms with Crippen molar-refractivity contribution in [3.8, 4) is 0 Å². The van der Waals surface area contributed by atoms with Crippen molar-refractivity contribution >= 4 is 12.1 Å². The molecule has 37 heavy (non-hydrogen) atoms.